The average Bonchev–Trinajstić information content (AvgIpc) is 2.57. The third kappa shape index (κ3) is 1.99. The van der Waals surface area contributed by atoms with Crippen molar-refractivity contribution in [3.05, 3.63) is 36.6 Å². The maximum Gasteiger partial charge on any atom is 0.264 e. The summed E-state index contributed by atoms with van der Waals surface area (Å²) >= 11 is 9.10. The monoisotopic (exact) mass is 338 g/mol. The van der Waals surface area contributed by atoms with E-state index in [-0.39, 0.29) is 5.56 Å². The number of hydrogen-bond donors (Lipinski definition) is 1. The molecule has 0 aliphatic rings. The Balaban J connectivity index is 2.53. The zero-order valence-corrected chi connectivity index (χ0v) is 10.5. The van der Waals surface area contributed by atoms with E-state index in [0.717, 1.165) is 4.88 Å². The Labute approximate surface area is 102 Å². The summed E-state index contributed by atoms with van der Waals surface area (Å²) < 4.78 is 1.26. The van der Waals surface area contributed by atoms with E-state index in [1.165, 1.54) is 11.3 Å². The van der Waals surface area contributed by atoms with Crippen LogP contribution in [-0.4, -0.2) is 9.97 Å². The highest BCUT2D eigenvalue weighted by molar-refractivity contribution is 14.1. The molecule has 0 aliphatic carbocycles. The van der Waals surface area contributed by atoms with E-state index < -0.39 is 0 Å². The summed E-state index contributed by atoms with van der Waals surface area (Å²) in [6.45, 7) is 0. The maximum atomic E-state index is 11.3. The van der Waals surface area contributed by atoms with Crippen molar-refractivity contribution in [2.75, 3.05) is 0 Å². The number of H-pyrrole nitrogens is 1. The molecule has 2 aromatic rings. The van der Waals surface area contributed by atoms with Crippen molar-refractivity contribution in [3.63, 3.8) is 0 Å². The van der Waals surface area contributed by atoms with Gasteiger partial charge in [0.25, 0.3) is 5.56 Å². The Bertz CT molecular complexity index is 522. The van der Waals surface area contributed by atoms with Crippen LogP contribution in [-0.2, 0) is 0 Å². The van der Waals surface area contributed by atoms with Crippen molar-refractivity contribution in [2.45, 2.75) is 0 Å². The second-order valence-electron chi connectivity index (χ2n) is 2.51. The van der Waals surface area contributed by atoms with Crippen LogP contribution in [0.1, 0.15) is 0 Å². The van der Waals surface area contributed by atoms with Gasteiger partial charge in [0, 0.05) is 6.20 Å². The quantitative estimate of drug-likeness (QED) is 0.813. The van der Waals surface area contributed by atoms with Gasteiger partial charge < -0.3 is 4.98 Å². The van der Waals surface area contributed by atoms with Crippen molar-refractivity contribution >= 4 is 45.5 Å². The van der Waals surface area contributed by atoms with E-state index in [9.17, 15) is 4.79 Å². The minimum Gasteiger partial charge on any atom is -0.305 e. The standard InChI is InChI=1S/C8H4ClIN2OS/c9-6-2-1-5(14-6)7-11-3-4(10)8(13)12-7/h1-3H,(H,11,12,13). The van der Waals surface area contributed by atoms with Crippen LogP contribution in [0, 0.1) is 3.57 Å². The zero-order valence-electron chi connectivity index (χ0n) is 6.75. The van der Waals surface area contributed by atoms with Crippen molar-refractivity contribution in [3.8, 4) is 10.7 Å². The molecule has 2 heterocycles. The molecule has 0 saturated heterocycles. The van der Waals surface area contributed by atoms with Gasteiger partial charge in [0.2, 0.25) is 0 Å². The van der Waals surface area contributed by atoms with Gasteiger partial charge in [-0.3, -0.25) is 4.79 Å². The molecule has 72 valence electrons. The smallest absolute Gasteiger partial charge is 0.264 e. The number of hydrogen-bond acceptors (Lipinski definition) is 3. The fourth-order valence-electron chi connectivity index (χ4n) is 0.946. The fraction of sp³-hybridized carbons (Fsp3) is 0. The van der Waals surface area contributed by atoms with Gasteiger partial charge in [-0.1, -0.05) is 11.6 Å². The van der Waals surface area contributed by atoms with Crippen LogP contribution < -0.4 is 5.56 Å². The summed E-state index contributed by atoms with van der Waals surface area (Å²) in [5.74, 6) is 0.562. The SMILES string of the molecule is O=c1[nH]c(-c2ccc(Cl)s2)ncc1I. The number of nitrogens with zero attached hydrogens (tertiary/aromatic N) is 1. The second kappa shape index (κ2) is 4.00. The van der Waals surface area contributed by atoms with E-state index in [4.69, 9.17) is 11.6 Å². The highest BCUT2D eigenvalue weighted by Gasteiger charge is 2.04. The van der Waals surface area contributed by atoms with E-state index in [2.05, 4.69) is 9.97 Å². The van der Waals surface area contributed by atoms with Crippen molar-refractivity contribution in [2.24, 2.45) is 0 Å². The number of aromatic amines is 1. The lowest BCUT2D eigenvalue weighted by atomic mass is 10.4. The van der Waals surface area contributed by atoms with Crippen LogP contribution >= 0.6 is 45.5 Å². The normalized spacial score (nSPS) is 10.4. The van der Waals surface area contributed by atoms with Crippen molar-refractivity contribution < 1.29 is 0 Å². The summed E-state index contributed by atoms with van der Waals surface area (Å²) in [6.07, 6.45) is 1.54. The predicted molar refractivity (Wildman–Crippen MR) is 65.9 cm³/mol. The topological polar surface area (TPSA) is 45.8 Å². The van der Waals surface area contributed by atoms with Crippen LogP contribution in [0.25, 0.3) is 10.7 Å². The van der Waals surface area contributed by atoms with Crippen LogP contribution in [0.4, 0.5) is 0 Å². The molecule has 14 heavy (non-hydrogen) atoms. The van der Waals surface area contributed by atoms with Crippen LogP contribution in [0.15, 0.2) is 23.1 Å². The van der Waals surface area contributed by atoms with E-state index >= 15 is 0 Å². The Kier molecular flexibility index (Phi) is 2.89. The Morgan fingerprint density at radius 1 is 1.50 bits per heavy atom. The third-order valence-electron chi connectivity index (χ3n) is 1.56. The molecule has 0 fully saturated rings. The molecule has 0 unspecified atom stereocenters. The summed E-state index contributed by atoms with van der Waals surface area (Å²) in [7, 11) is 0. The number of aromatic nitrogens is 2. The van der Waals surface area contributed by atoms with Gasteiger partial charge in [0.1, 0.15) is 5.82 Å². The van der Waals surface area contributed by atoms with E-state index in [1.807, 2.05) is 28.7 Å². The van der Waals surface area contributed by atoms with Gasteiger partial charge >= 0.3 is 0 Å². The van der Waals surface area contributed by atoms with Gasteiger partial charge in [-0.25, -0.2) is 4.98 Å². The first kappa shape index (κ1) is 10.1. The first-order chi connectivity index (χ1) is 6.66. The molecule has 0 aliphatic heterocycles. The molecule has 0 saturated carbocycles. The van der Waals surface area contributed by atoms with Crippen molar-refractivity contribution in [1.29, 1.82) is 0 Å². The lowest BCUT2D eigenvalue weighted by Crippen LogP contribution is -2.10. The van der Waals surface area contributed by atoms with Gasteiger partial charge in [-0.2, -0.15) is 0 Å². The largest absolute Gasteiger partial charge is 0.305 e. The number of halogens is 2. The first-order valence-corrected chi connectivity index (χ1v) is 5.94. The third-order valence-corrected chi connectivity index (χ3v) is 3.57. The highest BCUT2D eigenvalue weighted by Crippen LogP contribution is 2.27. The average molecular weight is 339 g/mol. The molecule has 0 amide bonds. The minimum absolute atomic E-state index is 0.125. The molecule has 1 N–H and O–H groups in total. The number of rotatable bonds is 1. The van der Waals surface area contributed by atoms with Crippen LogP contribution in [0.3, 0.4) is 0 Å². The molecule has 0 aromatic carbocycles. The first-order valence-electron chi connectivity index (χ1n) is 3.67. The number of nitrogens with one attached hydrogen (secondary N) is 1. The van der Waals surface area contributed by atoms with Gasteiger partial charge in [0.15, 0.2) is 0 Å². The lowest BCUT2D eigenvalue weighted by Gasteiger charge is -1.95. The van der Waals surface area contributed by atoms with Gasteiger partial charge in [0.05, 0.1) is 12.8 Å². The molecule has 3 nitrogen and oxygen atoms in total. The molecule has 0 spiro atoms. The molecule has 6 heteroatoms. The molecule has 2 rings (SSSR count). The molecular formula is C8H4ClIN2OS. The Hall–Kier alpha value is -0.400. The second-order valence-corrected chi connectivity index (χ2v) is 5.39. The van der Waals surface area contributed by atoms with E-state index in [0.29, 0.717) is 13.7 Å². The van der Waals surface area contributed by atoms with Crippen LogP contribution in [0.2, 0.25) is 4.34 Å². The summed E-state index contributed by atoms with van der Waals surface area (Å²) in [4.78, 5) is 18.9. The molecular weight excluding hydrogens is 335 g/mol. The maximum absolute atomic E-state index is 11.3. The van der Waals surface area contributed by atoms with Gasteiger partial charge in [-0.05, 0) is 34.7 Å². The zero-order chi connectivity index (χ0) is 10.1. The predicted octanol–water partition coefficient (Wildman–Crippen LogP) is 2.76. The summed E-state index contributed by atoms with van der Waals surface area (Å²) in [5.41, 5.74) is -0.125. The highest BCUT2D eigenvalue weighted by atomic mass is 127. The van der Waals surface area contributed by atoms with Crippen LogP contribution in [0.5, 0.6) is 0 Å². The minimum atomic E-state index is -0.125. The number of thiophene rings is 1. The molecule has 0 atom stereocenters. The Morgan fingerprint density at radius 2 is 2.29 bits per heavy atom. The Morgan fingerprint density at radius 3 is 2.86 bits per heavy atom. The molecule has 0 bridgehead atoms. The summed E-state index contributed by atoms with van der Waals surface area (Å²) in [6, 6.07) is 3.61. The van der Waals surface area contributed by atoms with E-state index in [1.54, 1.807) is 12.3 Å². The lowest BCUT2D eigenvalue weighted by molar-refractivity contribution is 1.11. The van der Waals surface area contributed by atoms with Gasteiger partial charge in [-0.15, -0.1) is 11.3 Å². The fourth-order valence-corrected chi connectivity index (χ4v) is 2.22. The summed E-state index contributed by atoms with van der Waals surface area (Å²) in [5, 5.41) is 0. The van der Waals surface area contributed by atoms with Crippen molar-refractivity contribution in [1.82, 2.24) is 9.97 Å². The molecule has 0 radical (unpaired) electrons. The molecule has 2 aromatic heterocycles.